The summed E-state index contributed by atoms with van der Waals surface area (Å²) in [5.74, 6) is -0.838. The van der Waals surface area contributed by atoms with Crippen LogP contribution in [0.1, 0.15) is 50.3 Å². The van der Waals surface area contributed by atoms with Crippen molar-refractivity contribution in [2.45, 2.75) is 58.0 Å². The molecule has 1 heterocycles. The standard InChI is InChI=1S/C24H32N4O5S/c1-15(2)11-12-18(26-23(31)32-14-17-9-7-6-8-10-17)22(30)25-19(13-16(3)4)20(29)21-27-24(34-5)33-28-21/h6-12,15-16,18-19H,13-14H2,1-5H3,(H,25,30)(H,26,31)/b12-11+/t18?,19-/m0/s1. The molecule has 2 rings (SSSR count). The first-order valence-corrected chi connectivity index (χ1v) is 12.3. The third-order valence-electron chi connectivity index (χ3n) is 4.60. The highest BCUT2D eigenvalue weighted by molar-refractivity contribution is 7.98. The number of carbonyl (C=O) groups is 3. The van der Waals surface area contributed by atoms with Gasteiger partial charge in [-0.25, -0.2) is 4.79 Å². The van der Waals surface area contributed by atoms with Gasteiger partial charge in [-0.05, 0) is 30.1 Å². The molecular formula is C24H32N4O5S. The number of nitrogens with zero attached hydrogens (tertiary/aromatic N) is 2. The monoisotopic (exact) mass is 488 g/mol. The zero-order chi connectivity index (χ0) is 25.1. The van der Waals surface area contributed by atoms with Gasteiger partial charge in [0.05, 0.1) is 6.04 Å². The van der Waals surface area contributed by atoms with Crippen LogP contribution in [0.15, 0.2) is 52.2 Å². The van der Waals surface area contributed by atoms with Crippen molar-refractivity contribution in [2.24, 2.45) is 11.8 Å². The summed E-state index contributed by atoms with van der Waals surface area (Å²) in [5.41, 5.74) is 0.823. The van der Waals surface area contributed by atoms with Gasteiger partial charge in [-0.2, -0.15) is 4.98 Å². The van der Waals surface area contributed by atoms with E-state index in [4.69, 9.17) is 9.26 Å². The van der Waals surface area contributed by atoms with E-state index in [1.165, 1.54) is 11.8 Å². The van der Waals surface area contributed by atoms with Crippen LogP contribution in [0, 0.1) is 11.8 Å². The summed E-state index contributed by atoms with van der Waals surface area (Å²) in [7, 11) is 0. The Morgan fingerprint density at radius 3 is 2.38 bits per heavy atom. The Labute approximate surface area is 204 Å². The number of rotatable bonds is 12. The normalized spacial score (nSPS) is 13.1. The van der Waals surface area contributed by atoms with E-state index in [1.807, 2.05) is 58.0 Å². The van der Waals surface area contributed by atoms with Crippen LogP contribution in [-0.4, -0.2) is 46.3 Å². The average molecular weight is 489 g/mol. The zero-order valence-corrected chi connectivity index (χ0v) is 20.9. The number of benzene rings is 1. The van der Waals surface area contributed by atoms with Crippen LogP contribution in [0.3, 0.4) is 0 Å². The van der Waals surface area contributed by atoms with E-state index in [0.29, 0.717) is 6.42 Å². The number of thioether (sulfide) groups is 1. The van der Waals surface area contributed by atoms with Crippen molar-refractivity contribution in [2.75, 3.05) is 6.26 Å². The molecule has 0 bridgehead atoms. The summed E-state index contributed by atoms with van der Waals surface area (Å²) >= 11 is 1.22. The Balaban J connectivity index is 2.11. The molecule has 184 valence electrons. The largest absolute Gasteiger partial charge is 0.445 e. The number of carbonyl (C=O) groups excluding carboxylic acids is 3. The Bertz CT molecular complexity index is 975. The topological polar surface area (TPSA) is 123 Å². The molecule has 1 aromatic heterocycles. The molecule has 0 radical (unpaired) electrons. The van der Waals surface area contributed by atoms with Crippen molar-refractivity contribution in [1.82, 2.24) is 20.8 Å². The molecule has 2 aromatic rings. The number of Topliss-reactive ketones (excluding diaryl/α,β-unsaturated/α-hetero) is 1. The smallest absolute Gasteiger partial charge is 0.408 e. The summed E-state index contributed by atoms with van der Waals surface area (Å²) in [6.45, 7) is 7.84. The van der Waals surface area contributed by atoms with Gasteiger partial charge >= 0.3 is 6.09 Å². The van der Waals surface area contributed by atoms with Crippen molar-refractivity contribution in [3.63, 3.8) is 0 Å². The second-order valence-electron chi connectivity index (χ2n) is 8.46. The Morgan fingerprint density at radius 1 is 1.09 bits per heavy atom. The van der Waals surface area contributed by atoms with Crippen molar-refractivity contribution < 1.29 is 23.6 Å². The van der Waals surface area contributed by atoms with Gasteiger partial charge in [-0.1, -0.05) is 87.1 Å². The highest BCUT2D eigenvalue weighted by Gasteiger charge is 2.30. The summed E-state index contributed by atoms with van der Waals surface area (Å²) < 4.78 is 10.3. The van der Waals surface area contributed by atoms with E-state index in [1.54, 1.807) is 18.4 Å². The highest BCUT2D eigenvalue weighted by atomic mass is 32.2. The lowest BCUT2D eigenvalue weighted by molar-refractivity contribution is -0.122. The maximum absolute atomic E-state index is 13.1. The fraction of sp³-hybridized carbons (Fsp3) is 0.458. The van der Waals surface area contributed by atoms with Gasteiger partial charge in [-0.3, -0.25) is 9.59 Å². The van der Waals surface area contributed by atoms with Gasteiger partial charge in [0.2, 0.25) is 17.5 Å². The Morgan fingerprint density at radius 2 is 1.79 bits per heavy atom. The molecule has 1 aromatic carbocycles. The molecule has 2 amide bonds. The van der Waals surface area contributed by atoms with Crippen LogP contribution in [0.5, 0.6) is 0 Å². The first-order valence-electron chi connectivity index (χ1n) is 11.1. The van der Waals surface area contributed by atoms with Crippen LogP contribution in [-0.2, 0) is 16.1 Å². The van der Waals surface area contributed by atoms with E-state index in [0.717, 1.165) is 5.56 Å². The van der Waals surface area contributed by atoms with Crippen LogP contribution >= 0.6 is 11.8 Å². The predicted molar refractivity (Wildman–Crippen MR) is 129 cm³/mol. The second-order valence-corrected chi connectivity index (χ2v) is 9.21. The molecule has 0 aliphatic heterocycles. The lowest BCUT2D eigenvalue weighted by Gasteiger charge is -2.21. The van der Waals surface area contributed by atoms with Crippen LogP contribution < -0.4 is 10.6 Å². The van der Waals surface area contributed by atoms with E-state index in [9.17, 15) is 14.4 Å². The number of hydrogen-bond donors (Lipinski definition) is 2. The molecule has 1 unspecified atom stereocenters. The summed E-state index contributed by atoms with van der Waals surface area (Å²) in [5, 5.41) is 9.29. The van der Waals surface area contributed by atoms with Crippen molar-refractivity contribution in [1.29, 1.82) is 0 Å². The molecule has 0 spiro atoms. The number of nitrogens with one attached hydrogen (secondary N) is 2. The lowest BCUT2D eigenvalue weighted by atomic mass is 9.99. The summed E-state index contributed by atoms with van der Waals surface area (Å²) in [6, 6.07) is 7.31. The van der Waals surface area contributed by atoms with Gasteiger partial charge in [0, 0.05) is 0 Å². The van der Waals surface area contributed by atoms with Crippen molar-refractivity contribution >= 4 is 29.5 Å². The van der Waals surface area contributed by atoms with Crippen molar-refractivity contribution in [3.8, 4) is 0 Å². The quantitative estimate of drug-likeness (QED) is 0.261. The molecule has 34 heavy (non-hydrogen) atoms. The van der Waals surface area contributed by atoms with Gasteiger partial charge in [-0.15, -0.1) is 0 Å². The predicted octanol–water partition coefficient (Wildman–Crippen LogP) is 4.01. The van der Waals surface area contributed by atoms with E-state index in [2.05, 4.69) is 20.8 Å². The highest BCUT2D eigenvalue weighted by Crippen LogP contribution is 2.14. The average Bonchev–Trinajstić information content (AvgIpc) is 3.29. The number of ether oxygens (including phenoxy) is 1. The minimum atomic E-state index is -1.03. The third-order valence-corrected chi connectivity index (χ3v) is 5.11. The first-order chi connectivity index (χ1) is 16.2. The molecule has 0 aliphatic carbocycles. The molecule has 9 nitrogen and oxygen atoms in total. The summed E-state index contributed by atoms with van der Waals surface area (Å²) in [4.78, 5) is 42.5. The van der Waals surface area contributed by atoms with E-state index < -0.39 is 29.9 Å². The van der Waals surface area contributed by atoms with Crippen LogP contribution in [0.4, 0.5) is 4.79 Å². The maximum Gasteiger partial charge on any atom is 0.408 e. The number of alkyl carbamates (subject to hydrolysis) is 1. The number of ketones is 1. The number of aromatic nitrogens is 2. The van der Waals surface area contributed by atoms with Crippen molar-refractivity contribution in [3.05, 3.63) is 53.9 Å². The first kappa shape index (κ1) is 27.1. The number of amides is 2. The number of hydrogen-bond acceptors (Lipinski definition) is 8. The fourth-order valence-electron chi connectivity index (χ4n) is 2.94. The van der Waals surface area contributed by atoms with Gasteiger partial charge in [0.1, 0.15) is 12.6 Å². The molecule has 2 atom stereocenters. The lowest BCUT2D eigenvalue weighted by Crippen LogP contribution is -2.51. The molecule has 0 aliphatic rings. The SMILES string of the molecule is CSc1nc(C(=O)[C@H](CC(C)C)NC(=O)C(/C=C/C(C)C)NC(=O)OCc2ccccc2)no1. The molecule has 2 N–H and O–H groups in total. The van der Waals surface area contributed by atoms with E-state index >= 15 is 0 Å². The number of allylic oxidation sites excluding steroid dienone is 1. The van der Waals surface area contributed by atoms with Gasteiger partial charge in [0.15, 0.2) is 0 Å². The third kappa shape index (κ3) is 9.01. The summed E-state index contributed by atoms with van der Waals surface area (Å²) in [6.07, 6.45) is 4.76. The fourth-order valence-corrected chi connectivity index (χ4v) is 3.23. The van der Waals surface area contributed by atoms with Crippen LogP contribution in [0.2, 0.25) is 0 Å². The minimum absolute atomic E-state index is 0.0684. The van der Waals surface area contributed by atoms with Gasteiger partial charge in [0.25, 0.3) is 5.22 Å². The Kier molecular flexibility index (Phi) is 10.8. The molecule has 0 fully saturated rings. The molecular weight excluding hydrogens is 456 g/mol. The van der Waals surface area contributed by atoms with E-state index in [-0.39, 0.29) is 29.5 Å². The molecule has 10 heteroatoms. The Hall–Kier alpha value is -3.14. The maximum atomic E-state index is 13.1. The molecule has 0 saturated heterocycles. The zero-order valence-electron chi connectivity index (χ0n) is 20.1. The van der Waals surface area contributed by atoms with Gasteiger partial charge < -0.3 is 19.9 Å². The minimum Gasteiger partial charge on any atom is -0.445 e. The van der Waals surface area contributed by atoms with Crippen LogP contribution in [0.25, 0.3) is 0 Å². The second kappa shape index (κ2) is 13.5. The molecule has 0 saturated carbocycles.